The molecule has 0 saturated carbocycles. The van der Waals surface area contributed by atoms with Gasteiger partial charge in [-0.25, -0.2) is 0 Å². The third-order valence-corrected chi connectivity index (χ3v) is 5.05. The van der Waals surface area contributed by atoms with Gasteiger partial charge in [-0.3, -0.25) is 24.1 Å². The van der Waals surface area contributed by atoms with Crippen LogP contribution in [0, 0.1) is 0 Å². The van der Waals surface area contributed by atoms with E-state index in [1.165, 1.54) is 11.8 Å². The molecule has 0 aromatic heterocycles. The molecule has 0 bridgehead atoms. The first-order chi connectivity index (χ1) is 13.5. The minimum atomic E-state index is -1.01. The first kappa shape index (κ1) is 17.8. The number of nitrogens with zero attached hydrogens (tertiary/aromatic N) is 1. The predicted molar refractivity (Wildman–Crippen MR) is 106 cm³/mol. The first-order valence-corrected chi connectivity index (χ1v) is 8.97. The SMILES string of the molecule is CC(=O)[C@H](CC(=O)c1ccc2ccccc2c1)N1C(=O)C(=O)c2ccccc21. The Balaban J connectivity index is 1.67. The highest BCUT2D eigenvalue weighted by molar-refractivity contribution is 6.52. The lowest BCUT2D eigenvalue weighted by molar-refractivity contribution is -0.121. The second-order valence-electron chi connectivity index (χ2n) is 6.84. The molecule has 3 aromatic carbocycles. The number of para-hydroxylation sites is 1. The second kappa shape index (κ2) is 6.85. The Morgan fingerprint density at radius 1 is 0.893 bits per heavy atom. The number of carbonyl (C=O) groups is 4. The summed E-state index contributed by atoms with van der Waals surface area (Å²) in [7, 11) is 0. The van der Waals surface area contributed by atoms with Crippen LogP contribution in [0.2, 0.25) is 0 Å². The molecule has 0 spiro atoms. The van der Waals surface area contributed by atoms with Crippen molar-refractivity contribution in [3.8, 4) is 0 Å². The van der Waals surface area contributed by atoms with E-state index in [1.807, 2.05) is 30.3 Å². The molecule has 28 heavy (non-hydrogen) atoms. The molecular weight excluding hydrogens is 354 g/mol. The summed E-state index contributed by atoms with van der Waals surface area (Å²) in [4.78, 5) is 51.1. The maximum absolute atomic E-state index is 12.9. The van der Waals surface area contributed by atoms with E-state index >= 15 is 0 Å². The Morgan fingerprint density at radius 2 is 1.57 bits per heavy atom. The highest BCUT2D eigenvalue weighted by Gasteiger charge is 2.41. The number of amides is 1. The van der Waals surface area contributed by atoms with Gasteiger partial charge >= 0.3 is 0 Å². The Kier molecular flexibility index (Phi) is 4.35. The van der Waals surface area contributed by atoms with E-state index in [2.05, 4.69) is 0 Å². The molecule has 0 radical (unpaired) electrons. The van der Waals surface area contributed by atoms with Gasteiger partial charge in [0.05, 0.1) is 11.3 Å². The van der Waals surface area contributed by atoms with Gasteiger partial charge in [0, 0.05) is 12.0 Å². The zero-order valence-corrected chi connectivity index (χ0v) is 15.2. The van der Waals surface area contributed by atoms with Crippen LogP contribution in [0.25, 0.3) is 10.8 Å². The molecule has 0 aliphatic carbocycles. The number of anilines is 1. The monoisotopic (exact) mass is 371 g/mol. The highest BCUT2D eigenvalue weighted by atomic mass is 16.2. The second-order valence-corrected chi connectivity index (χ2v) is 6.84. The van der Waals surface area contributed by atoms with Crippen LogP contribution in [0.3, 0.4) is 0 Å². The molecule has 0 unspecified atom stereocenters. The van der Waals surface area contributed by atoms with Gasteiger partial charge in [0.1, 0.15) is 6.04 Å². The fourth-order valence-corrected chi connectivity index (χ4v) is 3.59. The van der Waals surface area contributed by atoms with Crippen molar-refractivity contribution >= 4 is 39.7 Å². The van der Waals surface area contributed by atoms with Crippen LogP contribution in [0.5, 0.6) is 0 Å². The Bertz CT molecular complexity index is 1150. The predicted octanol–water partition coefficient (Wildman–Crippen LogP) is 3.60. The average Bonchev–Trinajstić information content (AvgIpc) is 2.96. The molecule has 1 aliphatic rings. The molecule has 1 atom stereocenters. The van der Waals surface area contributed by atoms with E-state index in [0.717, 1.165) is 10.8 Å². The molecule has 0 saturated heterocycles. The molecule has 1 aliphatic heterocycles. The lowest BCUT2D eigenvalue weighted by Crippen LogP contribution is -2.45. The van der Waals surface area contributed by atoms with Crippen molar-refractivity contribution in [2.45, 2.75) is 19.4 Å². The Labute approximate surface area is 161 Å². The number of hydrogen-bond acceptors (Lipinski definition) is 4. The van der Waals surface area contributed by atoms with Crippen LogP contribution >= 0.6 is 0 Å². The van der Waals surface area contributed by atoms with Crippen LogP contribution < -0.4 is 4.90 Å². The van der Waals surface area contributed by atoms with E-state index < -0.39 is 17.7 Å². The number of fused-ring (bicyclic) bond motifs is 2. The fourth-order valence-electron chi connectivity index (χ4n) is 3.59. The maximum atomic E-state index is 12.9. The van der Waals surface area contributed by atoms with Crippen LogP contribution in [-0.2, 0) is 9.59 Å². The average molecular weight is 371 g/mol. The molecule has 1 heterocycles. The number of ketones is 3. The molecular formula is C23H17NO4. The van der Waals surface area contributed by atoms with Gasteiger partial charge in [0.2, 0.25) is 0 Å². The summed E-state index contributed by atoms with van der Waals surface area (Å²) in [5.74, 6) is -2.02. The standard InChI is InChI=1S/C23H17NO4/c1-14(25)20(24-19-9-5-4-8-18(19)22(27)23(24)28)13-21(26)17-11-10-15-6-2-3-7-16(15)12-17/h2-12,20H,13H2,1H3/t20-/m0/s1. The smallest absolute Gasteiger partial charge is 0.298 e. The minimum Gasteiger partial charge on any atom is -0.298 e. The maximum Gasteiger partial charge on any atom is 0.300 e. The number of rotatable bonds is 5. The van der Waals surface area contributed by atoms with E-state index in [-0.39, 0.29) is 23.6 Å². The Hall–Kier alpha value is -3.60. The van der Waals surface area contributed by atoms with Crippen molar-refractivity contribution in [2.24, 2.45) is 0 Å². The normalized spacial score (nSPS) is 14.2. The zero-order chi connectivity index (χ0) is 19.8. The largest absolute Gasteiger partial charge is 0.300 e. The summed E-state index contributed by atoms with van der Waals surface area (Å²) >= 11 is 0. The number of benzene rings is 3. The molecule has 5 nitrogen and oxygen atoms in total. The molecule has 138 valence electrons. The highest BCUT2D eigenvalue weighted by Crippen LogP contribution is 2.32. The van der Waals surface area contributed by atoms with Gasteiger partial charge in [-0.2, -0.15) is 0 Å². The van der Waals surface area contributed by atoms with Crippen molar-refractivity contribution in [1.82, 2.24) is 0 Å². The molecule has 0 N–H and O–H groups in total. The summed E-state index contributed by atoms with van der Waals surface area (Å²) < 4.78 is 0. The number of carbonyl (C=O) groups excluding carboxylic acids is 4. The summed E-state index contributed by atoms with van der Waals surface area (Å²) in [6.07, 6.45) is -0.180. The van der Waals surface area contributed by atoms with E-state index in [1.54, 1.807) is 36.4 Å². The summed E-state index contributed by atoms with van der Waals surface area (Å²) in [5, 5.41) is 1.93. The summed E-state index contributed by atoms with van der Waals surface area (Å²) in [6.45, 7) is 1.33. The topological polar surface area (TPSA) is 71.5 Å². The van der Waals surface area contributed by atoms with Crippen molar-refractivity contribution < 1.29 is 19.2 Å². The summed E-state index contributed by atoms with van der Waals surface area (Å²) in [6, 6.07) is 18.5. The zero-order valence-electron chi connectivity index (χ0n) is 15.2. The van der Waals surface area contributed by atoms with Crippen molar-refractivity contribution in [1.29, 1.82) is 0 Å². The van der Waals surface area contributed by atoms with Crippen LogP contribution in [0.4, 0.5) is 5.69 Å². The quantitative estimate of drug-likeness (QED) is 0.507. The molecule has 1 amide bonds. The van der Waals surface area contributed by atoms with Gasteiger partial charge in [-0.15, -0.1) is 0 Å². The molecule has 5 heteroatoms. The van der Waals surface area contributed by atoms with E-state index in [4.69, 9.17) is 0 Å². The number of hydrogen-bond donors (Lipinski definition) is 0. The fraction of sp³-hybridized carbons (Fsp3) is 0.130. The molecule has 4 rings (SSSR count). The van der Waals surface area contributed by atoms with E-state index in [0.29, 0.717) is 11.3 Å². The Morgan fingerprint density at radius 3 is 2.32 bits per heavy atom. The van der Waals surface area contributed by atoms with Crippen molar-refractivity contribution in [3.63, 3.8) is 0 Å². The molecule has 0 fully saturated rings. The van der Waals surface area contributed by atoms with Gasteiger partial charge in [-0.05, 0) is 35.9 Å². The van der Waals surface area contributed by atoms with Gasteiger partial charge in [0.25, 0.3) is 11.7 Å². The van der Waals surface area contributed by atoms with Crippen molar-refractivity contribution in [2.75, 3.05) is 4.90 Å². The van der Waals surface area contributed by atoms with Gasteiger partial charge in [0.15, 0.2) is 11.6 Å². The third-order valence-electron chi connectivity index (χ3n) is 5.05. The summed E-state index contributed by atoms with van der Waals surface area (Å²) in [5.41, 5.74) is 1.11. The molecule has 3 aromatic rings. The van der Waals surface area contributed by atoms with Gasteiger partial charge < -0.3 is 0 Å². The van der Waals surface area contributed by atoms with Crippen LogP contribution in [0.1, 0.15) is 34.1 Å². The van der Waals surface area contributed by atoms with Crippen molar-refractivity contribution in [3.05, 3.63) is 77.9 Å². The van der Waals surface area contributed by atoms with E-state index in [9.17, 15) is 19.2 Å². The van der Waals surface area contributed by atoms with Crippen LogP contribution in [0.15, 0.2) is 66.7 Å². The minimum absolute atomic E-state index is 0.180. The number of Topliss-reactive ketones (excluding diaryl/α,β-unsaturated/α-hetero) is 3. The first-order valence-electron chi connectivity index (χ1n) is 8.97. The lowest BCUT2D eigenvalue weighted by atomic mass is 9.98. The lowest BCUT2D eigenvalue weighted by Gasteiger charge is -2.25. The van der Waals surface area contributed by atoms with Gasteiger partial charge in [-0.1, -0.05) is 48.5 Å². The van der Waals surface area contributed by atoms with Crippen LogP contribution in [-0.4, -0.2) is 29.3 Å². The third kappa shape index (κ3) is 2.91.